The third-order valence-electron chi connectivity index (χ3n) is 12.7. The van der Waals surface area contributed by atoms with Gasteiger partial charge in [-0.2, -0.15) is 0 Å². The Bertz CT molecular complexity index is 3660. The first-order valence-electron chi connectivity index (χ1n) is 26.5. The van der Waals surface area contributed by atoms with Gasteiger partial charge in [0.25, 0.3) is 0 Å². The van der Waals surface area contributed by atoms with Crippen molar-refractivity contribution in [1.82, 2.24) is 14.5 Å². The van der Waals surface area contributed by atoms with E-state index in [4.69, 9.17) is 14.6 Å². The monoisotopic (exact) mass is 856 g/mol. The van der Waals surface area contributed by atoms with Crippen LogP contribution in [0.15, 0.2) is 164 Å². The Kier molecular flexibility index (Phi) is 9.00. The summed E-state index contributed by atoms with van der Waals surface area (Å²) in [5, 5.41) is 0. The SMILES string of the molecule is [2H]c1nc(-c2cc(-c3cccc4c3nc(-c3cc(C(C)(C)C)cc(C)c3C)n4-c3ccc(-c4c(-c5ccccc5)cccc4C(C)C)cc3C)cc(C(C)(C)C)c2)c([2H])c(-c2c([2H])c([2H])c([2H])c([2H])c2[2H])c1[2H]. The highest BCUT2D eigenvalue weighted by Crippen LogP contribution is 2.43. The van der Waals surface area contributed by atoms with E-state index in [-0.39, 0.29) is 28.3 Å². The summed E-state index contributed by atoms with van der Waals surface area (Å²) in [7, 11) is 0. The Hall–Kier alpha value is -6.84. The number of benzene rings is 7. The van der Waals surface area contributed by atoms with E-state index < -0.39 is 47.8 Å². The highest BCUT2D eigenvalue weighted by Gasteiger charge is 2.25. The Morgan fingerprint density at radius 1 is 0.554 bits per heavy atom. The number of imidazole rings is 1. The molecule has 65 heavy (non-hydrogen) atoms. The van der Waals surface area contributed by atoms with E-state index in [1.165, 1.54) is 27.8 Å². The van der Waals surface area contributed by atoms with Crippen LogP contribution in [0.5, 0.6) is 0 Å². The van der Waals surface area contributed by atoms with Crippen LogP contribution in [-0.4, -0.2) is 14.5 Å². The Balaban J connectivity index is 1.32. The van der Waals surface area contributed by atoms with Crippen LogP contribution in [0.1, 0.15) is 106 Å². The Morgan fingerprint density at radius 3 is 1.95 bits per heavy atom. The summed E-state index contributed by atoms with van der Waals surface area (Å²) in [6.45, 7) is 24.0. The molecule has 0 bridgehead atoms. The first kappa shape index (κ1) is 34.6. The second-order valence-corrected chi connectivity index (χ2v) is 19.7. The van der Waals surface area contributed by atoms with Crippen LogP contribution in [0.3, 0.4) is 0 Å². The van der Waals surface area contributed by atoms with Crippen molar-refractivity contribution in [3.63, 3.8) is 0 Å². The molecule has 0 N–H and O–H groups in total. The molecule has 9 rings (SSSR count). The minimum absolute atomic E-state index is 0.0591. The van der Waals surface area contributed by atoms with Gasteiger partial charge < -0.3 is 0 Å². The zero-order chi connectivity index (χ0) is 52.7. The zero-order valence-electron chi connectivity index (χ0n) is 47.4. The van der Waals surface area contributed by atoms with Gasteiger partial charge in [0.2, 0.25) is 0 Å². The quantitative estimate of drug-likeness (QED) is 0.152. The summed E-state index contributed by atoms with van der Waals surface area (Å²) < 4.78 is 72.1. The molecular weight excluding hydrogens is 787 g/mol. The molecule has 3 nitrogen and oxygen atoms in total. The first-order valence-corrected chi connectivity index (χ1v) is 22.5. The predicted octanol–water partition coefficient (Wildman–Crippen LogP) is 17.1. The third-order valence-corrected chi connectivity index (χ3v) is 12.7. The standard InChI is InChI=1S/C62H61N3/c1-39(2)51-24-18-25-52(44-22-16-13-17-23-44)58(51)46-28-29-56(41(4)32-46)65-57-27-19-26-53(59(57)64-60(65)54-38-49(61(6,7)8)33-40(3)42(54)5)47-34-48(36-50(35-47)62(9,10)11)55-37-45(30-31-63-55)43-20-14-12-15-21-43/h12-39H,1-11H3/i12D,14D,15D,20D,21D,30D,31D,37D. The third kappa shape index (κ3) is 8.37. The summed E-state index contributed by atoms with van der Waals surface area (Å²) in [4.78, 5) is 10.2. The Morgan fingerprint density at radius 2 is 1.25 bits per heavy atom. The van der Waals surface area contributed by atoms with Crippen molar-refractivity contribution in [2.24, 2.45) is 0 Å². The highest BCUT2D eigenvalue weighted by molar-refractivity contribution is 5.97. The van der Waals surface area contributed by atoms with Crippen molar-refractivity contribution in [3.8, 4) is 72.8 Å². The molecule has 9 aromatic rings. The molecular formula is C62H61N3. The number of aryl methyl sites for hydroxylation is 2. The molecule has 0 amide bonds. The van der Waals surface area contributed by atoms with E-state index in [1.54, 1.807) is 0 Å². The molecule has 7 aromatic carbocycles. The molecule has 0 aliphatic rings. The summed E-state index contributed by atoms with van der Waals surface area (Å²) in [5.74, 6) is 1.09. The molecule has 324 valence electrons. The van der Waals surface area contributed by atoms with Gasteiger partial charge in [0.1, 0.15) is 5.82 Å². The molecule has 3 heteroatoms. The van der Waals surface area contributed by atoms with Crippen molar-refractivity contribution in [1.29, 1.82) is 0 Å². The predicted molar refractivity (Wildman–Crippen MR) is 277 cm³/mol. The van der Waals surface area contributed by atoms with Crippen molar-refractivity contribution in [3.05, 3.63) is 197 Å². The summed E-state index contributed by atoms with van der Waals surface area (Å²) >= 11 is 0. The van der Waals surface area contributed by atoms with E-state index in [0.717, 1.165) is 67.1 Å². The second kappa shape index (κ2) is 16.9. The molecule has 0 unspecified atom stereocenters. The zero-order valence-corrected chi connectivity index (χ0v) is 39.4. The van der Waals surface area contributed by atoms with E-state index in [0.29, 0.717) is 11.5 Å². The van der Waals surface area contributed by atoms with Crippen LogP contribution in [-0.2, 0) is 10.8 Å². The smallest absolute Gasteiger partial charge is 0.146 e. The van der Waals surface area contributed by atoms with E-state index in [1.807, 2.05) is 18.2 Å². The van der Waals surface area contributed by atoms with Gasteiger partial charge in [0.05, 0.1) is 33.4 Å². The van der Waals surface area contributed by atoms with Gasteiger partial charge in [-0.3, -0.25) is 9.55 Å². The lowest BCUT2D eigenvalue weighted by Gasteiger charge is -2.23. The molecule has 0 fully saturated rings. The van der Waals surface area contributed by atoms with Crippen LogP contribution in [0.25, 0.3) is 83.9 Å². The molecule has 0 aliphatic carbocycles. The average Bonchev–Trinajstić information content (AvgIpc) is 3.74. The molecule has 0 saturated carbocycles. The fourth-order valence-corrected chi connectivity index (χ4v) is 8.88. The topological polar surface area (TPSA) is 30.7 Å². The number of nitrogens with zero attached hydrogens (tertiary/aromatic N) is 3. The highest BCUT2D eigenvalue weighted by atomic mass is 15.1. The van der Waals surface area contributed by atoms with Crippen LogP contribution < -0.4 is 0 Å². The lowest BCUT2D eigenvalue weighted by atomic mass is 9.83. The largest absolute Gasteiger partial charge is 0.292 e. The molecule has 0 radical (unpaired) electrons. The molecule has 2 aromatic heterocycles. The summed E-state index contributed by atoms with van der Waals surface area (Å²) in [6.07, 6.45) is -0.477. The van der Waals surface area contributed by atoms with E-state index in [9.17, 15) is 1.37 Å². The fourth-order valence-electron chi connectivity index (χ4n) is 8.88. The van der Waals surface area contributed by atoms with Crippen molar-refractivity contribution in [2.45, 2.75) is 92.9 Å². The Labute approximate surface area is 398 Å². The number of aromatic nitrogens is 3. The van der Waals surface area contributed by atoms with Gasteiger partial charge in [-0.25, -0.2) is 4.98 Å². The van der Waals surface area contributed by atoms with Gasteiger partial charge in [0.15, 0.2) is 0 Å². The molecule has 0 spiro atoms. The van der Waals surface area contributed by atoms with Crippen molar-refractivity contribution >= 4 is 11.0 Å². The van der Waals surface area contributed by atoms with Crippen LogP contribution in [0, 0.1) is 20.8 Å². The molecule has 0 saturated heterocycles. The van der Waals surface area contributed by atoms with Crippen LogP contribution in [0.4, 0.5) is 0 Å². The number of hydrogen-bond acceptors (Lipinski definition) is 2. The number of hydrogen-bond donors (Lipinski definition) is 0. The minimum atomic E-state index is -0.584. The number of pyridine rings is 1. The van der Waals surface area contributed by atoms with Gasteiger partial charge in [0, 0.05) is 22.9 Å². The van der Waals surface area contributed by atoms with Gasteiger partial charge in [-0.15, -0.1) is 0 Å². The maximum atomic E-state index is 9.56. The van der Waals surface area contributed by atoms with Crippen LogP contribution >= 0.6 is 0 Å². The summed E-state index contributed by atoms with van der Waals surface area (Å²) in [6, 6.07) is 37.1. The molecule has 0 aliphatic heterocycles. The lowest BCUT2D eigenvalue weighted by molar-refractivity contribution is 0.589. The van der Waals surface area contributed by atoms with Gasteiger partial charge >= 0.3 is 0 Å². The second-order valence-electron chi connectivity index (χ2n) is 19.7. The maximum absolute atomic E-state index is 9.56. The number of rotatable bonds is 8. The van der Waals surface area contributed by atoms with Crippen molar-refractivity contribution < 1.29 is 11.0 Å². The number of fused-ring (bicyclic) bond motifs is 1. The minimum Gasteiger partial charge on any atom is -0.292 e. The molecule has 2 heterocycles. The first-order chi connectivity index (χ1) is 34.4. The van der Waals surface area contributed by atoms with Crippen molar-refractivity contribution in [2.75, 3.05) is 0 Å². The van der Waals surface area contributed by atoms with E-state index >= 15 is 0 Å². The number of para-hydroxylation sites is 1. The lowest BCUT2D eigenvalue weighted by Crippen LogP contribution is -2.12. The van der Waals surface area contributed by atoms with Gasteiger partial charge in [-0.05, 0) is 158 Å². The maximum Gasteiger partial charge on any atom is 0.146 e. The molecule has 0 atom stereocenters. The average molecular weight is 856 g/mol. The normalized spacial score (nSPS) is 13.8. The van der Waals surface area contributed by atoms with Gasteiger partial charge in [-0.1, -0.05) is 164 Å². The van der Waals surface area contributed by atoms with E-state index in [2.05, 4.69) is 183 Å². The summed E-state index contributed by atoms with van der Waals surface area (Å²) in [5.41, 5.74) is 16.2. The fraction of sp³-hybridized carbons (Fsp3) is 0.226. The van der Waals surface area contributed by atoms with Crippen LogP contribution in [0.2, 0.25) is 0 Å².